The van der Waals surface area contributed by atoms with Crippen LogP contribution in [0, 0.1) is 0 Å². The SMILES string of the molecule is CCC(Cc1ccccc1)N[C@@H](C)c1ccccc1Br. The normalized spacial score (nSPS) is 13.9. The first kappa shape index (κ1) is 15.3. The first-order valence-electron chi connectivity index (χ1n) is 7.25. The third-order valence-electron chi connectivity index (χ3n) is 3.68. The van der Waals surface area contributed by atoms with Gasteiger partial charge in [0.1, 0.15) is 0 Å². The third-order valence-corrected chi connectivity index (χ3v) is 4.40. The molecule has 0 aliphatic carbocycles. The third kappa shape index (κ3) is 4.19. The van der Waals surface area contributed by atoms with E-state index in [1.54, 1.807) is 0 Å². The lowest BCUT2D eigenvalue weighted by Gasteiger charge is -2.23. The molecule has 0 aromatic heterocycles. The summed E-state index contributed by atoms with van der Waals surface area (Å²) in [6, 6.07) is 20.0. The molecule has 0 heterocycles. The van der Waals surface area contributed by atoms with Crippen LogP contribution in [0.15, 0.2) is 59.1 Å². The highest BCUT2D eigenvalue weighted by atomic mass is 79.9. The first-order chi connectivity index (χ1) is 9.70. The molecule has 0 saturated heterocycles. The summed E-state index contributed by atoms with van der Waals surface area (Å²) in [5, 5.41) is 3.74. The first-order valence-corrected chi connectivity index (χ1v) is 8.04. The van der Waals surface area contributed by atoms with Gasteiger partial charge in [-0.25, -0.2) is 0 Å². The molecule has 0 aliphatic heterocycles. The predicted octanol–water partition coefficient (Wildman–Crippen LogP) is 5.12. The summed E-state index contributed by atoms with van der Waals surface area (Å²) < 4.78 is 1.18. The fraction of sp³-hybridized carbons (Fsp3) is 0.333. The summed E-state index contributed by atoms with van der Waals surface area (Å²) in [4.78, 5) is 0. The molecule has 2 heteroatoms. The number of halogens is 1. The van der Waals surface area contributed by atoms with Crippen molar-refractivity contribution in [2.75, 3.05) is 0 Å². The minimum absolute atomic E-state index is 0.347. The predicted molar refractivity (Wildman–Crippen MR) is 89.9 cm³/mol. The van der Waals surface area contributed by atoms with E-state index in [9.17, 15) is 0 Å². The Labute approximate surface area is 130 Å². The molecule has 1 nitrogen and oxygen atoms in total. The van der Waals surface area contributed by atoms with E-state index in [-0.39, 0.29) is 0 Å². The van der Waals surface area contributed by atoms with E-state index in [2.05, 4.69) is 89.7 Å². The molecule has 0 saturated carbocycles. The summed E-state index contributed by atoms with van der Waals surface area (Å²) >= 11 is 3.64. The van der Waals surface area contributed by atoms with Crippen molar-refractivity contribution >= 4 is 15.9 Å². The molecular weight excluding hydrogens is 310 g/mol. The zero-order chi connectivity index (χ0) is 14.4. The molecular formula is C18H22BrN. The van der Waals surface area contributed by atoms with Crippen LogP contribution in [-0.4, -0.2) is 6.04 Å². The van der Waals surface area contributed by atoms with E-state index >= 15 is 0 Å². The van der Waals surface area contributed by atoms with E-state index < -0.39 is 0 Å². The van der Waals surface area contributed by atoms with Crippen LogP contribution in [0.3, 0.4) is 0 Å². The molecule has 2 atom stereocenters. The van der Waals surface area contributed by atoms with Gasteiger partial charge < -0.3 is 5.32 Å². The lowest BCUT2D eigenvalue weighted by molar-refractivity contribution is 0.439. The molecule has 0 radical (unpaired) electrons. The standard InChI is InChI=1S/C18H22BrN/c1-3-16(13-15-9-5-4-6-10-15)20-14(2)17-11-7-8-12-18(17)19/h4-12,14,16,20H,3,13H2,1-2H3/t14-,16?/m0/s1. The second-order valence-corrected chi connectivity index (χ2v) is 6.06. The van der Waals surface area contributed by atoms with Crippen LogP contribution < -0.4 is 5.32 Å². The lowest BCUT2D eigenvalue weighted by atomic mass is 10.0. The molecule has 20 heavy (non-hydrogen) atoms. The van der Waals surface area contributed by atoms with E-state index in [1.165, 1.54) is 15.6 Å². The average Bonchev–Trinajstić information content (AvgIpc) is 2.48. The van der Waals surface area contributed by atoms with Crippen molar-refractivity contribution in [3.63, 3.8) is 0 Å². The van der Waals surface area contributed by atoms with Crippen LogP contribution in [0.25, 0.3) is 0 Å². The smallest absolute Gasteiger partial charge is 0.0305 e. The Morgan fingerprint density at radius 3 is 2.30 bits per heavy atom. The summed E-state index contributed by atoms with van der Waals surface area (Å²) in [5.41, 5.74) is 2.71. The molecule has 0 amide bonds. The van der Waals surface area contributed by atoms with Gasteiger partial charge in [0.05, 0.1) is 0 Å². The van der Waals surface area contributed by atoms with Crippen LogP contribution >= 0.6 is 15.9 Å². The molecule has 0 spiro atoms. The van der Waals surface area contributed by atoms with Gasteiger partial charge >= 0.3 is 0 Å². The molecule has 2 aromatic carbocycles. The van der Waals surface area contributed by atoms with Gasteiger partial charge in [0.15, 0.2) is 0 Å². The minimum Gasteiger partial charge on any atom is -0.307 e. The highest BCUT2D eigenvalue weighted by Gasteiger charge is 2.14. The average molecular weight is 332 g/mol. The maximum absolute atomic E-state index is 3.74. The van der Waals surface area contributed by atoms with Gasteiger partial charge in [-0.3, -0.25) is 0 Å². The van der Waals surface area contributed by atoms with Crippen molar-refractivity contribution in [1.82, 2.24) is 5.32 Å². The minimum atomic E-state index is 0.347. The molecule has 0 aliphatic rings. The van der Waals surface area contributed by atoms with Gasteiger partial charge in [-0.05, 0) is 37.0 Å². The number of hydrogen-bond acceptors (Lipinski definition) is 1. The van der Waals surface area contributed by atoms with Crippen LogP contribution in [0.5, 0.6) is 0 Å². The molecule has 1 N–H and O–H groups in total. The van der Waals surface area contributed by atoms with Crippen molar-refractivity contribution in [2.24, 2.45) is 0 Å². The van der Waals surface area contributed by atoms with Crippen LogP contribution in [-0.2, 0) is 6.42 Å². The van der Waals surface area contributed by atoms with Crippen LogP contribution in [0.2, 0.25) is 0 Å². The second-order valence-electron chi connectivity index (χ2n) is 5.20. The van der Waals surface area contributed by atoms with Crippen molar-refractivity contribution in [3.05, 3.63) is 70.2 Å². The van der Waals surface area contributed by atoms with Crippen LogP contribution in [0.1, 0.15) is 37.4 Å². The van der Waals surface area contributed by atoms with Crippen LogP contribution in [0.4, 0.5) is 0 Å². The van der Waals surface area contributed by atoms with Crippen molar-refractivity contribution in [2.45, 2.75) is 38.8 Å². The van der Waals surface area contributed by atoms with E-state index in [0.717, 1.165) is 12.8 Å². The van der Waals surface area contributed by atoms with Crippen molar-refractivity contribution in [1.29, 1.82) is 0 Å². The van der Waals surface area contributed by atoms with Crippen molar-refractivity contribution < 1.29 is 0 Å². The lowest BCUT2D eigenvalue weighted by Crippen LogP contribution is -2.33. The summed E-state index contributed by atoms with van der Waals surface area (Å²) in [7, 11) is 0. The number of nitrogens with one attached hydrogen (secondary N) is 1. The highest BCUT2D eigenvalue weighted by molar-refractivity contribution is 9.10. The Hall–Kier alpha value is -1.12. The quantitative estimate of drug-likeness (QED) is 0.774. The van der Waals surface area contributed by atoms with E-state index in [1.807, 2.05) is 0 Å². The topological polar surface area (TPSA) is 12.0 Å². The Morgan fingerprint density at radius 2 is 1.65 bits per heavy atom. The molecule has 2 aromatic rings. The number of benzene rings is 2. The Morgan fingerprint density at radius 1 is 1.00 bits per heavy atom. The fourth-order valence-electron chi connectivity index (χ4n) is 2.49. The van der Waals surface area contributed by atoms with Gasteiger partial charge in [0.2, 0.25) is 0 Å². The zero-order valence-corrected chi connectivity index (χ0v) is 13.7. The monoisotopic (exact) mass is 331 g/mol. The largest absolute Gasteiger partial charge is 0.307 e. The zero-order valence-electron chi connectivity index (χ0n) is 12.1. The Bertz CT molecular complexity index is 524. The summed E-state index contributed by atoms with van der Waals surface area (Å²) in [6.07, 6.45) is 2.20. The maximum atomic E-state index is 3.74. The maximum Gasteiger partial charge on any atom is 0.0305 e. The summed E-state index contributed by atoms with van der Waals surface area (Å²) in [6.45, 7) is 4.47. The van der Waals surface area contributed by atoms with Gasteiger partial charge in [-0.15, -0.1) is 0 Å². The molecule has 0 bridgehead atoms. The molecule has 1 unspecified atom stereocenters. The van der Waals surface area contributed by atoms with Gasteiger partial charge in [-0.2, -0.15) is 0 Å². The van der Waals surface area contributed by atoms with Gasteiger partial charge in [0.25, 0.3) is 0 Å². The second kappa shape index (κ2) is 7.61. The summed E-state index contributed by atoms with van der Waals surface area (Å²) in [5.74, 6) is 0. The number of rotatable bonds is 6. The van der Waals surface area contributed by atoms with E-state index in [0.29, 0.717) is 12.1 Å². The number of hydrogen-bond donors (Lipinski definition) is 1. The molecule has 0 fully saturated rings. The fourth-order valence-corrected chi connectivity index (χ4v) is 3.12. The molecule has 2 rings (SSSR count). The van der Waals surface area contributed by atoms with Gasteiger partial charge in [-0.1, -0.05) is 71.4 Å². The highest BCUT2D eigenvalue weighted by Crippen LogP contribution is 2.23. The Balaban J connectivity index is 2.01. The van der Waals surface area contributed by atoms with Gasteiger partial charge in [0, 0.05) is 16.6 Å². The van der Waals surface area contributed by atoms with E-state index in [4.69, 9.17) is 0 Å². The Kier molecular flexibility index (Phi) is 5.81. The van der Waals surface area contributed by atoms with Crippen molar-refractivity contribution in [3.8, 4) is 0 Å². The molecule has 106 valence electrons.